The SMILES string of the molecule is Cc1nnc2ccc(C(=O)N3CCCN(Cc4ccccc4)CC3)cn12. The Bertz CT molecular complexity index is 905. The second-order valence-corrected chi connectivity index (χ2v) is 6.80. The molecule has 1 aromatic carbocycles. The van der Waals surface area contributed by atoms with Gasteiger partial charge in [0.15, 0.2) is 5.65 Å². The molecule has 0 bridgehead atoms. The van der Waals surface area contributed by atoms with E-state index in [4.69, 9.17) is 0 Å². The van der Waals surface area contributed by atoms with E-state index >= 15 is 0 Å². The van der Waals surface area contributed by atoms with Gasteiger partial charge in [-0.1, -0.05) is 30.3 Å². The molecule has 0 N–H and O–H groups in total. The fourth-order valence-electron chi connectivity index (χ4n) is 3.49. The van der Waals surface area contributed by atoms with Crippen LogP contribution in [-0.2, 0) is 6.54 Å². The van der Waals surface area contributed by atoms with Gasteiger partial charge < -0.3 is 4.90 Å². The van der Waals surface area contributed by atoms with E-state index in [-0.39, 0.29) is 5.91 Å². The molecule has 6 nitrogen and oxygen atoms in total. The number of rotatable bonds is 3. The van der Waals surface area contributed by atoms with Gasteiger partial charge >= 0.3 is 0 Å². The normalized spacial score (nSPS) is 16.0. The molecule has 1 saturated heterocycles. The molecule has 4 rings (SSSR count). The minimum absolute atomic E-state index is 0.0848. The van der Waals surface area contributed by atoms with Crippen molar-refractivity contribution in [2.24, 2.45) is 0 Å². The van der Waals surface area contributed by atoms with Gasteiger partial charge in [-0.25, -0.2) is 0 Å². The van der Waals surface area contributed by atoms with E-state index in [2.05, 4.69) is 39.4 Å². The largest absolute Gasteiger partial charge is 0.337 e. The summed E-state index contributed by atoms with van der Waals surface area (Å²) in [5.41, 5.74) is 2.78. The van der Waals surface area contributed by atoms with Crippen molar-refractivity contribution >= 4 is 11.6 Å². The minimum atomic E-state index is 0.0848. The summed E-state index contributed by atoms with van der Waals surface area (Å²) in [5.74, 6) is 0.876. The quantitative estimate of drug-likeness (QED) is 0.729. The molecule has 0 saturated carbocycles. The Morgan fingerprint density at radius 2 is 1.85 bits per heavy atom. The molecule has 1 amide bonds. The van der Waals surface area contributed by atoms with Crippen molar-refractivity contribution in [1.29, 1.82) is 0 Å². The van der Waals surface area contributed by atoms with Crippen LogP contribution in [0.25, 0.3) is 5.65 Å². The predicted octanol–water partition coefficient (Wildman–Crippen LogP) is 2.39. The molecule has 26 heavy (non-hydrogen) atoms. The van der Waals surface area contributed by atoms with Crippen molar-refractivity contribution in [2.45, 2.75) is 19.9 Å². The third-order valence-corrected chi connectivity index (χ3v) is 4.94. The molecule has 3 heterocycles. The zero-order valence-corrected chi connectivity index (χ0v) is 15.0. The number of hydrogen-bond acceptors (Lipinski definition) is 4. The highest BCUT2D eigenvalue weighted by molar-refractivity contribution is 5.94. The summed E-state index contributed by atoms with van der Waals surface area (Å²) in [6, 6.07) is 14.2. The summed E-state index contributed by atoms with van der Waals surface area (Å²) in [6.45, 7) is 6.29. The van der Waals surface area contributed by atoms with Gasteiger partial charge in [-0.3, -0.25) is 14.1 Å². The molecule has 1 fully saturated rings. The number of carbonyl (C=O) groups is 1. The zero-order valence-electron chi connectivity index (χ0n) is 15.0. The van der Waals surface area contributed by atoms with Gasteiger partial charge in [0.2, 0.25) is 0 Å². The average Bonchev–Trinajstić information content (AvgIpc) is 2.89. The zero-order chi connectivity index (χ0) is 17.9. The van der Waals surface area contributed by atoms with E-state index in [0.717, 1.165) is 50.6 Å². The monoisotopic (exact) mass is 349 g/mol. The van der Waals surface area contributed by atoms with E-state index < -0.39 is 0 Å². The Morgan fingerprint density at radius 3 is 2.69 bits per heavy atom. The van der Waals surface area contributed by atoms with Gasteiger partial charge in [-0.2, -0.15) is 0 Å². The minimum Gasteiger partial charge on any atom is -0.337 e. The molecule has 2 aromatic heterocycles. The second-order valence-electron chi connectivity index (χ2n) is 6.80. The molecule has 3 aromatic rings. The maximum absolute atomic E-state index is 12.9. The third-order valence-electron chi connectivity index (χ3n) is 4.94. The number of aromatic nitrogens is 3. The number of aryl methyl sites for hydroxylation is 1. The van der Waals surface area contributed by atoms with Crippen molar-refractivity contribution in [2.75, 3.05) is 26.2 Å². The molecule has 0 spiro atoms. The van der Waals surface area contributed by atoms with Crippen LogP contribution in [0.3, 0.4) is 0 Å². The van der Waals surface area contributed by atoms with Crippen LogP contribution in [0, 0.1) is 6.92 Å². The molecule has 0 atom stereocenters. The number of hydrogen-bond donors (Lipinski definition) is 0. The fraction of sp³-hybridized carbons (Fsp3) is 0.350. The van der Waals surface area contributed by atoms with Crippen LogP contribution in [-0.4, -0.2) is 56.5 Å². The second kappa shape index (κ2) is 7.25. The predicted molar refractivity (Wildman–Crippen MR) is 100.0 cm³/mol. The first-order valence-electron chi connectivity index (χ1n) is 9.08. The van der Waals surface area contributed by atoms with Crippen LogP contribution in [0.2, 0.25) is 0 Å². The van der Waals surface area contributed by atoms with Crippen LogP contribution in [0.15, 0.2) is 48.7 Å². The summed E-state index contributed by atoms with van der Waals surface area (Å²) in [7, 11) is 0. The lowest BCUT2D eigenvalue weighted by Gasteiger charge is -2.22. The van der Waals surface area contributed by atoms with Crippen molar-refractivity contribution < 1.29 is 4.79 Å². The van der Waals surface area contributed by atoms with E-state index in [0.29, 0.717) is 5.56 Å². The van der Waals surface area contributed by atoms with Crippen molar-refractivity contribution in [3.05, 3.63) is 65.6 Å². The molecule has 134 valence electrons. The number of carbonyl (C=O) groups excluding carboxylic acids is 1. The first kappa shape index (κ1) is 16.7. The molecular weight excluding hydrogens is 326 g/mol. The van der Waals surface area contributed by atoms with Crippen LogP contribution in [0.1, 0.15) is 28.2 Å². The number of benzene rings is 1. The van der Waals surface area contributed by atoms with Gasteiger partial charge in [0.25, 0.3) is 5.91 Å². The standard InChI is InChI=1S/C20H23N5O/c1-16-21-22-19-9-8-18(15-25(16)19)20(26)24-11-5-10-23(12-13-24)14-17-6-3-2-4-7-17/h2-4,6-9,15H,5,10-14H2,1H3. The third kappa shape index (κ3) is 3.46. The van der Waals surface area contributed by atoms with Gasteiger partial charge in [0.05, 0.1) is 5.56 Å². The first-order chi connectivity index (χ1) is 12.7. The highest BCUT2D eigenvalue weighted by atomic mass is 16.2. The van der Waals surface area contributed by atoms with Gasteiger partial charge in [0, 0.05) is 38.9 Å². The Balaban J connectivity index is 1.44. The molecular formula is C20H23N5O. The van der Waals surface area contributed by atoms with Crippen molar-refractivity contribution in [1.82, 2.24) is 24.4 Å². The van der Waals surface area contributed by atoms with Gasteiger partial charge in [-0.05, 0) is 31.0 Å². The number of pyridine rings is 1. The van der Waals surface area contributed by atoms with E-state index in [1.54, 1.807) is 0 Å². The Kier molecular flexibility index (Phi) is 4.67. The summed E-state index contributed by atoms with van der Waals surface area (Å²) < 4.78 is 1.87. The highest BCUT2D eigenvalue weighted by Gasteiger charge is 2.21. The molecule has 1 aliphatic rings. The molecule has 0 aliphatic carbocycles. The first-order valence-corrected chi connectivity index (χ1v) is 9.08. The summed E-state index contributed by atoms with van der Waals surface area (Å²) in [6.07, 6.45) is 2.84. The topological polar surface area (TPSA) is 53.7 Å². The summed E-state index contributed by atoms with van der Waals surface area (Å²) in [4.78, 5) is 17.3. The van der Waals surface area contributed by atoms with Gasteiger partial charge in [-0.15, -0.1) is 10.2 Å². The Labute approximate surface area is 153 Å². The van der Waals surface area contributed by atoms with Crippen molar-refractivity contribution in [3.63, 3.8) is 0 Å². The van der Waals surface area contributed by atoms with Crippen molar-refractivity contribution in [3.8, 4) is 0 Å². The Morgan fingerprint density at radius 1 is 1.00 bits per heavy atom. The maximum atomic E-state index is 12.9. The molecule has 1 aliphatic heterocycles. The lowest BCUT2D eigenvalue weighted by molar-refractivity contribution is 0.0760. The average molecular weight is 349 g/mol. The summed E-state index contributed by atoms with van der Waals surface area (Å²) >= 11 is 0. The van der Waals surface area contributed by atoms with E-state index in [9.17, 15) is 4.79 Å². The summed E-state index contributed by atoms with van der Waals surface area (Å²) in [5, 5.41) is 8.13. The van der Waals surface area contributed by atoms with Crippen LogP contribution in [0.4, 0.5) is 0 Å². The van der Waals surface area contributed by atoms with Gasteiger partial charge in [0.1, 0.15) is 5.82 Å². The van der Waals surface area contributed by atoms with E-state index in [1.165, 1.54) is 5.56 Å². The molecule has 6 heteroatoms. The van der Waals surface area contributed by atoms with Crippen LogP contribution in [0.5, 0.6) is 0 Å². The van der Waals surface area contributed by atoms with E-state index in [1.807, 2.05) is 40.6 Å². The lowest BCUT2D eigenvalue weighted by atomic mass is 10.2. The number of amides is 1. The molecule has 0 radical (unpaired) electrons. The van der Waals surface area contributed by atoms with Crippen LogP contribution < -0.4 is 0 Å². The molecule has 0 unspecified atom stereocenters. The van der Waals surface area contributed by atoms with Crippen LogP contribution >= 0.6 is 0 Å². The highest BCUT2D eigenvalue weighted by Crippen LogP contribution is 2.13. The lowest BCUT2D eigenvalue weighted by Crippen LogP contribution is -2.35. The number of nitrogens with zero attached hydrogens (tertiary/aromatic N) is 5. The fourth-order valence-corrected chi connectivity index (χ4v) is 3.49. The Hall–Kier alpha value is -2.73. The maximum Gasteiger partial charge on any atom is 0.255 e. The smallest absolute Gasteiger partial charge is 0.255 e. The number of fused-ring (bicyclic) bond motifs is 1.